The average molecular weight is 1170 g/mol. The molecular weight excluding hydrogens is 1050 g/mol. The van der Waals surface area contributed by atoms with E-state index in [0.29, 0.717) is 12.8 Å². The number of nitrogens with one attached hydrogen (secondary N) is 1. The molecule has 0 radical (unpaired) electrons. The molecule has 0 aromatic rings. The molecule has 1 aliphatic heterocycles. The van der Waals surface area contributed by atoms with Crippen molar-refractivity contribution in [1.29, 1.82) is 0 Å². The Morgan fingerprint density at radius 3 is 1.31 bits per heavy atom. The van der Waals surface area contributed by atoms with Gasteiger partial charge in [0.2, 0.25) is 5.91 Å². The molecule has 1 aliphatic rings. The Kier molecular flexibility index (Phi) is 55.2. The number of rotatable bonds is 56. The van der Waals surface area contributed by atoms with E-state index in [-0.39, 0.29) is 19.4 Å². The number of amides is 1. The van der Waals surface area contributed by atoms with Gasteiger partial charge in [0, 0.05) is 6.42 Å². The smallest absolute Gasteiger partial charge is 0.306 e. The van der Waals surface area contributed by atoms with Gasteiger partial charge < -0.3 is 45.1 Å². The van der Waals surface area contributed by atoms with Crippen molar-refractivity contribution < 1.29 is 49.3 Å². The Labute approximate surface area is 512 Å². The van der Waals surface area contributed by atoms with E-state index < -0.39 is 67.4 Å². The predicted octanol–water partition coefficient (Wildman–Crippen LogP) is 17.0. The third-order valence-electron chi connectivity index (χ3n) is 15.1. The zero-order chi connectivity index (χ0) is 61.0. The van der Waals surface area contributed by atoms with Crippen LogP contribution in [0.2, 0.25) is 0 Å². The highest BCUT2D eigenvalue weighted by Gasteiger charge is 2.47. The highest BCUT2D eigenvalue weighted by Crippen LogP contribution is 2.26. The molecule has 11 heteroatoms. The van der Waals surface area contributed by atoms with Crippen molar-refractivity contribution in [2.75, 3.05) is 13.2 Å². The fraction of sp³-hybridized carbons (Fsp3) is 0.699. The molecule has 0 aromatic heterocycles. The maximum absolute atomic E-state index is 13.4. The van der Waals surface area contributed by atoms with Gasteiger partial charge in [0.15, 0.2) is 12.4 Å². The van der Waals surface area contributed by atoms with Crippen LogP contribution >= 0.6 is 0 Å². The lowest BCUT2D eigenvalue weighted by molar-refractivity contribution is -0.305. The largest absolute Gasteiger partial charge is 0.454 e. The van der Waals surface area contributed by atoms with Crippen molar-refractivity contribution in [3.63, 3.8) is 0 Å². The number of aliphatic hydroxyl groups excluding tert-OH is 5. The van der Waals surface area contributed by atoms with Crippen molar-refractivity contribution in [3.8, 4) is 0 Å². The predicted molar refractivity (Wildman–Crippen MR) is 351 cm³/mol. The number of aliphatic hydroxyl groups is 5. The molecule has 0 aliphatic carbocycles. The fourth-order valence-electron chi connectivity index (χ4n) is 9.79. The summed E-state index contributed by atoms with van der Waals surface area (Å²) in [5, 5.41) is 57.0. The molecule has 0 saturated carbocycles. The van der Waals surface area contributed by atoms with Gasteiger partial charge in [-0.05, 0) is 109 Å². The SMILES string of the molecule is CC/C=C\C/C=C\C/C=C\C/C=C\C/C=C\CCCCCCCCCCCCCC(=O)OC1C(OCC(NC(=O)C(O)CC/C=C\C/C=C\C/C=C\C/C=C\CCCCC)C(O)/C=C/CCCCCCCCCCCC)OC(CO)C(O)C1O. The summed E-state index contributed by atoms with van der Waals surface area (Å²) >= 11 is 0. The first-order valence-electron chi connectivity index (χ1n) is 33.8. The molecule has 0 aromatic carbocycles. The highest BCUT2D eigenvalue weighted by atomic mass is 16.7. The fourth-order valence-corrected chi connectivity index (χ4v) is 9.79. The van der Waals surface area contributed by atoms with Gasteiger partial charge in [-0.1, -0.05) is 271 Å². The first kappa shape index (κ1) is 78.1. The Morgan fingerprint density at radius 1 is 0.476 bits per heavy atom. The standard InChI is InChI=1S/C73H123NO10/c1-4-7-10-13-16-19-22-25-27-29-30-31-32-33-34-35-36-37-38-39-41-43-46-49-52-55-58-61-68(78)84-71-70(80)69(79)67(62-75)83-73(71)82-63-64(65(76)59-56-53-50-47-44-24-21-18-15-12-9-6-3)74-72(81)66(77)60-57-54-51-48-45-42-40-28-26-23-20-17-14-11-8-5-2/h7,10,16-17,19-20,25-28,30-31,33-34,42,45,51,54,56,59,64-67,69-71,73,75-77,79-80H,4-6,8-9,11-15,18,21-24,29,32,35-41,43-44,46-50,52-53,55,57-58,60-63H2,1-3H3,(H,74,81)/b10-7-,19-16-,20-17-,27-25-,28-26-,31-30-,34-33-,45-42-,54-51-,59-56+. The van der Waals surface area contributed by atoms with Gasteiger partial charge in [0.25, 0.3) is 0 Å². The zero-order valence-corrected chi connectivity index (χ0v) is 53.2. The van der Waals surface area contributed by atoms with Crippen molar-refractivity contribution in [1.82, 2.24) is 5.32 Å². The number of unbranched alkanes of at least 4 members (excludes halogenated alkanes) is 24. The lowest BCUT2D eigenvalue weighted by atomic mass is 9.99. The average Bonchev–Trinajstić information content (AvgIpc) is 3.69. The minimum atomic E-state index is -1.63. The van der Waals surface area contributed by atoms with Crippen LogP contribution < -0.4 is 5.32 Å². The lowest BCUT2D eigenvalue weighted by Gasteiger charge is -2.41. The minimum Gasteiger partial charge on any atom is -0.454 e. The van der Waals surface area contributed by atoms with Crippen LogP contribution in [0.5, 0.6) is 0 Å². The summed E-state index contributed by atoms with van der Waals surface area (Å²) in [4.78, 5) is 26.6. The van der Waals surface area contributed by atoms with E-state index in [1.807, 2.05) is 18.2 Å². The van der Waals surface area contributed by atoms with E-state index in [9.17, 15) is 35.1 Å². The Bertz CT molecular complexity index is 1830. The lowest BCUT2D eigenvalue weighted by Crippen LogP contribution is -2.61. The molecule has 8 unspecified atom stereocenters. The normalized spacial score (nSPS) is 19.3. The molecule has 6 N–H and O–H groups in total. The summed E-state index contributed by atoms with van der Waals surface area (Å²) in [5.41, 5.74) is 0. The summed E-state index contributed by atoms with van der Waals surface area (Å²) in [6, 6.07) is -1.06. The van der Waals surface area contributed by atoms with Crippen LogP contribution in [0.4, 0.5) is 0 Å². The van der Waals surface area contributed by atoms with E-state index in [0.717, 1.165) is 116 Å². The maximum atomic E-state index is 13.4. The molecule has 0 spiro atoms. The van der Waals surface area contributed by atoms with Crippen LogP contribution in [0.3, 0.4) is 0 Å². The van der Waals surface area contributed by atoms with Crippen LogP contribution in [0.15, 0.2) is 122 Å². The molecule has 84 heavy (non-hydrogen) atoms. The number of hydrogen-bond donors (Lipinski definition) is 6. The summed E-state index contributed by atoms with van der Waals surface area (Å²) in [6.45, 7) is 5.61. The molecule has 1 heterocycles. The third kappa shape index (κ3) is 46.3. The van der Waals surface area contributed by atoms with E-state index in [1.165, 1.54) is 103 Å². The second kappa shape index (κ2) is 59.4. The van der Waals surface area contributed by atoms with Crippen molar-refractivity contribution in [2.45, 2.75) is 314 Å². The Hall–Kier alpha value is -3.94. The van der Waals surface area contributed by atoms with Gasteiger partial charge in [-0.15, -0.1) is 0 Å². The molecule has 11 nitrogen and oxygen atoms in total. The van der Waals surface area contributed by atoms with Gasteiger partial charge >= 0.3 is 5.97 Å². The van der Waals surface area contributed by atoms with E-state index in [1.54, 1.807) is 6.08 Å². The monoisotopic (exact) mass is 1170 g/mol. The summed E-state index contributed by atoms with van der Waals surface area (Å²) in [5.74, 6) is -1.26. The number of carbonyl (C=O) groups excluding carboxylic acids is 2. The van der Waals surface area contributed by atoms with Crippen LogP contribution in [0.1, 0.15) is 265 Å². The van der Waals surface area contributed by atoms with E-state index in [2.05, 4.69) is 123 Å². The first-order chi connectivity index (χ1) is 41.2. The Balaban J connectivity index is 2.61. The second-order valence-corrected chi connectivity index (χ2v) is 22.8. The topological polar surface area (TPSA) is 175 Å². The number of carbonyl (C=O) groups is 2. The molecule has 1 fully saturated rings. The zero-order valence-electron chi connectivity index (χ0n) is 53.2. The molecule has 8 atom stereocenters. The van der Waals surface area contributed by atoms with Crippen molar-refractivity contribution >= 4 is 11.9 Å². The van der Waals surface area contributed by atoms with E-state index >= 15 is 0 Å². The van der Waals surface area contributed by atoms with Gasteiger partial charge in [0.1, 0.15) is 24.4 Å². The minimum absolute atomic E-state index is 0.106. The van der Waals surface area contributed by atoms with Crippen LogP contribution in [0.25, 0.3) is 0 Å². The van der Waals surface area contributed by atoms with Gasteiger partial charge in [-0.3, -0.25) is 9.59 Å². The summed E-state index contributed by atoms with van der Waals surface area (Å²) < 4.78 is 17.6. The molecule has 1 saturated heterocycles. The number of ether oxygens (including phenoxy) is 3. The van der Waals surface area contributed by atoms with Crippen molar-refractivity contribution in [2.24, 2.45) is 0 Å². The van der Waals surface area contributed by atoms with Gasteiger partial charge in [-0.25, -0.2) is 0 Å². The molecule has 1 rings (SSSR count). The summed E-state index contributed by atoms with van der Waals surface area (Å²) in [7, 11) is 0. The summed E-state index contributed by atoms with van der Waals surface area (Å²) in [6.07, 6.45) is 72.5. The quantitative estimate of drug-likeness (QED) is 0.0195. The van der Waals surface area contributed by atoms with Gasteiger partial charge in [0.05, 0.1) is 25.4 Å². The molecule has 0 bridgehead atoms. The van der Waals surface area contributed by atoms with E-state index in [4.69, 9.17) is 14.2 Å². The van der Waals surface area contributed by atoms with Gasteiger partial charge in [-0.2, -0.15) is 0 Å². The number of hydrogen-bond acceptors (Lipinski definition) is 10. The second-order valence-electron chi connectivity index (χ2n) is 22.8. The highest BCUT2D eigenvalue weighted by molar-refractivity contribution is 5.80. The van der Waals surface area contributed by atoms with Crippen LogP contribution in [0, 0.1) is 0 Å². The Morgan fingerprint density at radius 2 is 0.857 bits per heavy atom. The molecular formula is C73H123NO10. The van der Waals surface area contributed by atoms with Crippen LogP contribution in [-0.2, 0) is 23.8 Å². The maximum Gasteiger partial charge on any atom is 0.306 e. The first-order valence-corrected chi connectivity index (χ1v) is 33.8. The third-order valence-corrected chi connectivity index (χ3v) is 15.1. The van der Waals surface area contributed by atoms with Crippen molar-refractivity contribution in [3.05, 3.63) is 122 Å². The molecule has 480 valence electrons. The molecule has 1 amide bonds. The van der Waals surface area contributed by atoms with Crippen LogP contribution in [-0.4, -0.2) is 99.6 Å². The number of esters is 1. The number of allylic oxidation sites excluding steroid dienone is 19.